The molecule has 26 heteroatoms. The van der Waals surface area contributed by atoms with Gasteiger partial charge in [0.15, 0.2) is 23.3 Å². The van der Waals surface area contributed by atoms with Gasteiger partial charge in [-0.3, -0.25) is 0 Å². The largest absolute Gasteiger partial charge is 0.393 e. The molecule has 4 aliphatic heterocycles. The topological polar surface area (TPSA) is 144 Å². The fourth-order valence-corrected chi connectivity index (χ4v) is 10.5. The number of benzene rings is 2. The minimum Gasteiger partial charge on any atom is -0.350 e. The first-order valence-corrected chi connectivity index (χ1v) is 23.5. The molecule has 0 aliphatic carbocycles. The first-order valence-electron chi connectivity index (χ1n) is 21.9. The van der Waals surface area contributed by atoms with Crippen molar-refractivity contribution in [3.8, 4) is 0 Å². The monoisotopic (exact) mass is 998 g/mol. The summed E-state index contributed by atoms with van der Waals surface area (Å²) in [4.78, 5) is 22.1. The Kier molecular flexibility index (Phi) is 13.3. The lowest BCUT2D eigenvalue weighted by atomic mass is 9.85. The maximum Gasteiger partial charge on any atom is 0.393 e. The Balaban J connectivity index is 0.000000170. The number of piperidine rings is 2. The van der Waals surface area contributed by atoms with Crippen molar-refractivity contribution in [2.24, 2.45) is 11.8 Å². The number of aryl methyl sites for hydroxylation is 2. The Bertz CT molecular complexity index is 2520. The number of nitrogens with zero attached hydrogens (tertiary/aromatic N) is 12. The van der Waals surface area contributed by atoms with E-state index in [2.05, 4.69) is 59.3 Å². The summed E-state index contributed by atoms with van der Waals surface area (Å²) in [6, 6.07) is 6.44. The second-order valence-corrected chi connectivity index (χ2v) is 18.9. The standard InChI is InChI=1S/2C21H22F5N7S/c2*1-11-27-20(34-31-11)32-6-4-14(5-7-32)28-19-29-18-15(12-2-3-16(22)17(23)8-12)9-13(21(24,25)26)10-33(18)30-19/h2*2-3,8,13-15H,4-7,9-10H2,1H3,(H,28,30)/t13-,15+;13-,15-/m01/s1. The Hall–Kier alpha value is -5.66. The minimum absolute atomic E-state index is 0.0508. The second-order valence-electron chi connectivity index (χ2n) is 17.4. The molecule has 8 heterocycles. The van der Waals surface area contributed by atoms with Crippen molar-refractivity contribution in [1.82, 2.24) is 48.2 Å². The van der Waals surface area contributed by atoms with E-state index in [1.54, 1.807) is 0 Å². The minimum atomic E-state index is -4.44. The van der Waals surface area contributed by atoms with Crippen LogP contribution in [0.1, 0.15) is 84.8 Å². The lowest BCUT2D eigenvalue weighted by Crippen LogP contribution is -2.39. The van der Waals surface area contributed by atoms with E-state index in [9.17, 15) is 43.9 Å². The van der Waals surface area contributed by atoms with Crippen LogP contribution in [-0.2, 0) is 13.1 Å². The third-order valence-corrected chi connectivity index (χ3v) is 14.4. The lowest BCUT2D eigenvalue weighted by Gasteiger charge is -2.31. The van der Waals surface area contributed by atoms with Crippen LogP contribution in [0.4, 0.5) is 66.1 Å². The van der Waals surface area contributed by atoms with Gasteiger partial charge in [-0.15, -0.1) is 10.2 Å². The van der Waals surface area contributed by atoms with E-state index in [0.717, 1.165) is 98.0 Å². The number of alkyl halides is 6. The number of aromatic nitrogens is 10. The summed E-state index contributed by atoms with van der Waals surface area (Å²) in [5, 5.41) is 16.8. The van der Waals surface area contributed by atoms with Crippen molar-refractivity contribution < 1.29 is 43.9 Å². The predicted molar refractivity (Wildman–Crippen MR) is 232 cm³/mol. The van der Waals surface area contributed by atoms with Crippen LogP contribution in [0.15, 0.2) is 36.4 Å². The van der Waals surface area contributed by atoms with Gasteiger partial charge in [0.2, 0.25) is 22.2 Å². The number of fused-ring (bicyclic) bond motifs is 2. The first-order chi connectivity index (χ1) is 32.3. The van der Waals surface area contributed by atoms with E-state index in [1.807, 2.05) is 13.8 Å². The molecule has 0 saturated carbocycles. The van der Waals surface area contributed by atoms with Gasteiger partial charge in [0.25, 0.3) is 0 Å². The summed E-state index contributed by atoms with van der Waals surface area (Å²) in [6.07, 6.45) is -6.37. The maximum atomic E-state index is 13.8. The SMILES string of the molecule is Cc1nsc(N2CCC(Nc3nc4n(n3)C[C@@H](C(F)(F)F)C[C@@H]4c3ccc(F)c(F)c3)CC2)n1.Cc1nsc(N2CCC(Nc3nc4n(n3)C[C@H](C(F)(F)F)C[C@@H]4c3ccc(F)c(F)c3)CC2)n1. The Labute approximate surface area is 390 Å². The average Bonchev–Trinajstić information content (AvgIpc) is 4.12. The van der Waals surface area contributed by atoms with Crippen LogP contribution in [0.2, 0.25) is 0 Å². The molecule has 4 aromatic heterocycles. The zero-order valence-electron chi connectivity index (χ0n) is 36.4. The van der Waals surface area contributed by atoms with E-state index in [-0.39, 0.29) is 61.0 Å². The molecule has 10 rings (SSSR count). The summed E-state index contributed by atoms with van der Waals surface area (Å²) in [5.41, 5.74) is 0.488. The molecule has 0 spiro atoms. The number of hydrogen-bond donors (Lipinski definition) is 2. The molecule has 0 bridgehead atoms. The van der Waals surface area contributed by atoms with Crippen LogP contribution in [0, 0.1) is 49.0 Å². The van der Waals surface area contributed by atoms with E-state index in [0.29, 0.717) is 11.6 Å². The molecule has 2 saturated heterocycles. The molecule has 14 nitrogen and oxygen atoms in total. The Morgan fingerprint density at radius 3 is 1.25 bits per heavy atom. The fourth-order valence-electron chi connectivity index (χ4n) is 9.09. The summed E-state index contributed by atoms with van der Waals surface area (Å²) >= 11 is 2.71. The van der Waals surface area contributed by atoms with Gasteiger partial charge in [-0.1, -0.05) is 12.1 Å². The van der Waals surface area contributed by atoms with Gasteiger partial charge < -0.3 is 20.4 Å². The van der Waals surface area contributed by atoms with Gasteiger partial charge >= 0.3 is 12.4 Å². The Morgan fingerprint density at radius 1 is 0.544 bits per heavy atom. The molecular formula is C42H44F10N14S2. The van der Waals surface area contributed by atoms with Crippen molar-refractivity contribution in [3.05, 3.63) is 94.1 Å². The zero-order valence-corrected chi connectivity index (χ0v) is 38.0. The molecule has 2 N–H and O–H groups in total. The van der Waals surface area contributed by atoms with Crippen LogP contribution in [0.3, 0.4) is 0 Å². The molecule has 0 unspecified atom stereocenters. The molecule has 4 atom stereocenters. The smallest absolute Gasteiger partial charge is 0.350 e. The second kappa shape index (κ2) is 19.0. The van der Waals surface area contributed by atoms with Crippen LogP contribution >= 0.6 is 23.1 Å². The highest BCUT2D eigenvalue weighted by atomic mass is 32.1. The molecule has 4 aliphatic rings. The number of hydrogen-bond acceptors (Lipinski definition) is 14. The summed E-state index contributed by atoms with van der Waals surface area (Å²) in [6.45, 7) is 6.00. The molecule has 2 aromatic carbocycles. The molecule has 68 heavy (non-hydrogen) atoms. The maximum absolute atomic E-state index is 13.8. The fraction of sp³-hybridized carbons (Fsp3) is 0.524. The third kappa shape index (κ3) is 10.5. The number of nitrogens with one attached hydrogen (secondary N) is 2. The van der Waals surface area contributed by atoms with E-state index in [4.69, 9.17) is 0 Å². The molecule has 6 aromatic rings. The van der Waals surface area contributed by atoms with Gasteiger partial charge in [0.05, 0.1) is 24.9 Å². The first kappa shape index (κ1) is 47.4. The van der Waals surface area contributed by atoms with Gasteiger partial charge in [0, 0.05) is 73.2 Å². The average molecular weight is 999 g/mol. The van der Waals surface area contributed by atoms with Crippen molar-refractivity contribution >= 4 is 45.2 Å². The van der Waals surface area contributed by atoms with Crippen molar-refractivity contribution in [2.75, 3.05) is 46.6 Å². The number of anilines is 4. The summed E-state index contributed by atoms with van der Waals surface area (Å²) in [5.74, 6) is -6.72. The van der Waals surface area contributed by atoms with Gasteiger partial charge in [-0.25, -0.2) is 36.9 Å². The zero-order chi connectivity index (χ0) is 48.1. The Morgan fingerprint density at radius 2 is 0.926 bits per heavy atom. The van der Waals surface area contributed by atoms with Crippen LogP contribution in [-0.4, -0.2) is 98.9 Å². The van der Waals surface area contributed by atoms with Crippen LogP contribution in [0.25, 0.3) is 0 Å². The van der Waals surface area contributed by atoms with Crippen molar-refractivity contribution in [1.29, 1.82) is 0 Å². The van der Waals surface area contributed by atoms with Crippen molar-refractivity contribution in [3.63, 3.8) is 0 Å². The quantitative estimate of drug-likeness (QED) is 0.141. The van der Waals surface area contributed by atoms with Gasteiger partial charge in [0.1, 0.15) is 23.3 Å². The molecule has 0 amide bonds. The normalized spacial score (nSPS) is 21.5. The van der Waals surface area contributed by atoms with E-state index in [1.165, 1.54) is 44.6 Å². The van der Waals surface area contributed by atoms with Crippen LogP contribution in [0.5, 0.6) is 0 Å². The van der Waals surface area contributed by atoms with E-state index < -0.39 is 59.3 Å². The molecule has 2 fully saturated rings. The number of rotatable bonds is 8. The van der Waals surface area contributed by atoms with E-state index >= 15 is 0 Å². The third-order valence-electron chi connectivity index (χ3n) is 12.7. The van der Waals surface area contributed by atoms with Crippen molar-refractivity contribution in [2.45, 2.75) is 102 Å². The van der Waals surface area contributed by atoms with Gasteiger partial charge in [-0.05, 0) is 87.8 Å². The summed E-state index contributed by atoms with van der Waals surface area (Å²) < 4.78 is 147. The predicted octanol–water partition coefficient (Wildman–Crippen LogP) is 9.02. The molecule has 364 valence electrons. The lowest BCUT2D eigenvalue weighted by molar-refractivity contribution is -0.184. The highest BCUT2D eigenvalue weighted by Crippen LogP contribution is 2.44. The molecule has 0 radical (unpaired) electrons. The van der Waals surface area contributed by atoms with Crippen LogP contribution < -0.4 is 20.4 Å². The molecular weight excluding hydrogens is 955 g/mol. The highest BCUT2D eigenvalue weighted by Gasteiger charge is 2.47. The van der Waals surface area contributed by atoms with Gasteiger partial charge in [-0.2, -0.15) is 45.1 Å². The highest BCUT2D eigenvalue weighted by molar-refractivity contribution is 7.10. The summed E-state index contributed by atoms with van der Waals surface area (Å²) in [7, 11) is 0. The number of halogens is 10.